The van der Waals surface area contributed by atoms with Crippen LogP contribution in [0.15, 0.2) is 23.4 Å². The Kier molecular flexibility index (Phi) is 5.63. The number of sulfonamides is 1. The molecule has 0 aromatic carbocycles. The van der Waals surface area contributed by atoms with Crippen molar-refractivity contribution in [3.8, 4) is 10.8 Å². The molecule has 10 nitrogen and oxygen atoms in total. The van der Waals surface area contributed by atoms with Gasteiger partial charge in [0.1, 0.15) is 4.90 Å². The quantitative estimate of drug-likeness (QED) is 0.514. The van der Waals surface area contributed by atoms with Crippen LogP contribution in [0.5, 0.6) is 0 Å². The Labute approximate surface area is 198 Å². The van der Waals surface area contributed by atoms with Crippen molar-refractivity contribution in [2.75, 3.05) is 31.2 Å². The first-order valence-corrected chi connectivity index (χ1v) is 13.0. The zero-order valence-electron chi connectivity index (χ0n) is 18.5. The summed E-state index contributed by atoms with van der Waals surface area (Å²) in [7, 11) is -3.95. The van der Waals surface area contributed by atoms with Crippen molar-refractivity contribution in [3.63, 3.8) is 0 Å². The largest absolute Gasteiger partial charge is 0.390 e. The third kappa shape index (κ3) is 4.28. The number of nitrogens with zero attached hydrogens (tertiary/aromatic N) is 5. The third-order valence-electron chi connectivity index (χ3n) is 6.13. The summed E-state index contributed by atoms with van der Waals surface area (Å²) in [5.41, 5.74) is -0.283. The Morgan fingerprint density at radius 2 is 1.94 bits per heavy atom. The summed E-state index contributed by atoms with van der Waals surface area (Å²) in [5.74, 6) is 0.222. The average Bonchev–Trinajstić information content (AvgIpc) is 3.39. The van der Waals surface area contributed by atoms with Gasteiger partial charge in [0, 0.05) is 19.3 Å². The van der Waals surface area contributed by atoms with Crippen LogP contribution in [0.2, 0.25) is 0 Å². The molecule has 0 spiro atoms. The molecule has 2 N–H and O–H groups in total. The number of hydrogen-bond donors (Lipinski definition) is 2. The second-order valence-electron chi connectivity index (χ2n) is 9.29. The fourth-order valence-electron chi connectivity index (χ4n) is 4.11. The van der Waals surface area contributed by atoms with Crippen LogP contribution in [0.4, 0.5) is 14.5 Å². The number of halogens is 2. The molecule has 0 saturated carbocycles. The van der Waals surface area contributed by atoms with Crippen LogP contribution in [0.25, 0.3) is 16.3 Å². The lowest BCUT2D eigenvalue weighted by atomic mass is 9.93. The lowest BCUT2D eigenvalue weighted by Gasteiger charge is -2.39. The summed E-state index contributed by atoms with van der Waals surface area (Å²) in [6, 6.07) is 1.58. The van der Waals surface area contributed by atoms with Crippen LogP contribution in [0.3, 0.4) is 0 Å². The van der Waals surface area contributed by atoms with Gasteiger partial charge >= 0.3 is 0 Å². The smallest absolute Gasteiger partial charge is 0.291 e. The van der Waals surface area contributed by atoms with Gasteiger partial charge in [-0.1, -0.05) is 11.3 Å². The zero-order chi connectivity index (χ0) is 24.3. The number of piperidine rings is 1. The van der Waals surface area contributed by atoms with Crippen molar-refractivity contribution in [3.05, 3.63) is 23.5 Å². The summed E-state index contributed by atoms with van der Waals surface area (Å²) in [4.78, 5) is 6.36. The number of imidazole rings is 1. The number of aliphatic hydroxyl groups is 1. The van der Waals surface area contributed by atoms with Crippen molar-refractivity contribution >= 4 is 32.6 Å². The third-order valence-corrected chi connectivity index (χ3v) is 8.66. The van der Waals surface area contributed by atoms with E-state index < -0.39 is 32.6 Å². The maximum Gasteiger partial charge on any atom is 0.291 e. The van der Waals surface area contributed by atoms with E-state index in [-0.39, 0.29) is 28.9 Å². The highest BCUT2D eigenvalue weighted by atomic mass is 32.2. The van der Waals surface area contributed by atoms with Crippen LogP contribution in [0.1, 0.15) is 38.1 Å². The van der Waals surface area contributed by atoms with Gasteiger partial charge in [-0.2, -0.15) is 0 Å². The van der Waals surface area contributed by atoms with Crippen molar-refractivity contribution in [2.45, 2.75) is 49.2 Å². The molecular weight excluding hydrogens is 490 g/mol. The molecule has 3 aromatic heterocycles. The molecule has 2 aliphatic heterocycles. The Hall–Kier alpha value is -2.26. The van der Waals surface area contributed by atoms with E-state index in [1.54, 1.807) is 30.5 Å². The Bertz CT molecular complexity index is 1330. The first kappa shape index (κ1) is 23.5. The second kappa shape index (κ2) is 8.16. The topological polar surface area (TPSA) is 122 Å². The van der Waals surface area contributed by atoms with E-state index in [0.717, 1.165) is 0 Å². The fraction of sp³-hybridized carbons (Fsp3) is 0.550. The maximum atomic E-state index is 13.3. The highest BCUT2D eigenvalue weighted by Crippen LogP contribution is 2.35. The van der Waals surface area contributed by atoms with Gasteiger partial charge in [0.25, 0.3) is 6.43 Å². The molecule has 2 saturated heterocycles. The summed E-state index contributed by atoms with van der Waals surface area (Å²) in [6.07, 6.45) is 1.24. The number of anilines is 1. The highest BCUT2D eigenvalue weighted by Gasteiger charge is 2.38. The first-order valence-electron chi connectivity index (χ1n) is 10.7. The summed E-state index contributed by atoms with van der Waals surface area (Å²) in [6.45, 7) is 5.09. The van der Waals surface area contributed by atoms with Crippen LogP contribution in [-0.2, 0) is 14.8 Å². The standard InChI is InChI=1S/C20H24F2N6O4S2/c1-19(10-32-11-19)26-34(30,31)12-7-13(27-5-3-20(2,29)4-6-27)14-8-23-16(28(14)9-12)18-25-24-17(33-18)15(21)22/h7-9,15,26,29H,3-6,10-11H2,1-2H3. The molecule has 2 fully saturated rings. The van der Waals surface area contributed by atoms with Gasteiger partial charge in [-0.15, -0.1) is 10.2 Å². The summed E-state index contributed by atoms with van der Waals surface area (Å²) < 4.78 is 62.2. The molecule has 14 heteroatoms. The SMILES string of the molecule is CC1(O)CCN(c2cc(S(=O)(=O)NC3(C)COC3)cn3c(-c4nnc(C(F)F)s4)ncc23)CC1. The minimum atomic E-state index is -3.95. The van der Waals surface area contributed by atoms with Crippen LogP contribution in [0, 0.1) is 0 Å². The molecule has 3 aromatic rings. The van der Waals surface area contributed by atoms with E-state index in [2.05, 4.69) is 19.9 Å². The number of aromatic nitrogens is 4. The van der Waals surface area contributed by atoms with E-state index in [4.69, 9.17) is 4.74 Å². The van der Waals surface area contributed by atoms with Gasteiger partial charge in [-0.05, 0) is 32.8 Å². The number of alkyl halides is 2. The lowest BCUT2D eigenvalue weighted by Crippen LogP contribution is -2.59. The molecule has 184 valence electrons. The predicted molar refractivity (Wildman–Crippen MR) is 121 cm³/mol. The number of ether oxygens (including phenoxy) is 1. The van der Waals surface area contributed by atoms with E-state index in [0.29, 0.717) is 48.5 Å². The molecule has 0 amide bonds. The van der Waals surface area contributed by atoms with Crippen LogP contribution >= 0.6 is 11.3 Å². The molecule has 5 heterocycles. The van der Waals surface area contributed by atoms with Gasteiger partial charge < -0.3 is 14.7 Å². The second-order valence-corrected chi connectivity index (χ2v) is 12.0. The number of fused-ring (bicyclic) bond motifs is 1. The minimum absolute atomic E-state index is 0.00157. The van der Waals surface area contributed by atoms with Gasteiger partial charge in [0.05, 0.1) is 41.8 Å². The van der Waals surface area contributed by atoms with Crippen molar-refractivity contribution in [2.24, 2.45) is 0 Å². The fourth-order valence-corrected chi connectivity index (χ4v) is 6.19. The predicted octanol–water partition coefficient (Wildman–Crippen LogP) is 2.21. The number of nitrogens with one attached hydrogen (secondary N) is 1. The van der Waals surface area contributed by atoms with Crippen molar-refractivity contribution < 1.29 is 27.0 Å². The maximum absolute atomic E-state index is 13.3. The highest BCUT2D eigenvalue weighted by molar-refractivity contribution is 7.89. The zero-order valence-corrected chi connectivity index (χ0v) is 20.2. The molecule has 2 aliphatic rings. The van der Waals surface area contributed by atoms with Gasteiger partial charge in [-0.25, -0.2) is 26.9 Å². The van der Waals surface area contributed by atoms with Crippen molar-refractivity contribution in [1.29, 1.82) is 0 Å². The first-order chi connectivity index (χ1) is 16.0. The Morgan fingerprint density at radius 1 is 1.24 bits per heavy atom. The summed E-state index contributed by atoms with van der Waals surface area (Å²) >= 11 is 0.707. The van der Waals surface area contributed by atoms with E-state index in [9.17, 15) is 22.3 Å². The summed E-state index contributed by atoms with van der Waals surface area (Å²) in [5, 5.41) is 17.5. The molecule has 0 atom stereocenters. The molecule has 0 aliphatic carbocycles. The van der Waals surface area contributed by atoms with Gasteiger partial charge in [0.2, 0.25) is 10.0 Å². The van der Waals surface area contributed by atoms with Crippen molar-refractivity contribution in [1.82, 2.24) is 24.3 Å². The van der Waals surface area contributed by atoms with Crippen LogP contribution < -0.4 is 9.62 Å². The van der Waals surface area contributed by atoms with E-state index in [1.165, 1.54) is 6.20 Å². The molecule has 0 bridgehead atoms. The van der Waals surface area contributed by atoms with Crippen LogP contribution in [-0.4, -0.2) is 70.5 Å². The molecule has 5 rings (SSSR count). The van der Waals surface area contributed by atoms with E-state index in [1.807, 2.05) is 4.90 Å². The van der Waals surface area contributed by atoms with Gasteiger partial charge in [0.15, 0.2) is 15.8 Å². The molecule has 0 radical (unpaired) electrons. The van der Waals surface area contributed by atoms with E-state index >= 15 is 0 Å². The molecular formula is C20H24F2N6O4S2. The number of rotatable bonds is 6. The normalized spacial score (nSPS) is 20.1. The average molecular weight is 515 g/mol. The lowest BCUT2D eigenvalue weighted by molar-refractivity contribution is -0.0523. The Balaban J connectivity index is 1.63. The molecule has 0 unspecified atom stereocenters. The van der Waals surface area contributed by atoms with Gasteiger partial charge in [-0.3, -0.25) is 4.40 Å². The monoisotopic (exact) mass is 514 g/mol. The Morgan fingerprint density at radius 3 is 2.53 bits per heavy atom. The minimum Gasteiger partial charge on any atom is -0.390 e. The number of hydrogen-bond acceptors (Lipinski definition) is 9. The molecule has 34 heavy (non-hydrogen) atoms. The number of pyridine rings is 1.